The maximum atomic E-state index is 12.0. The van der Waals surface area contributed by atoms with Crippen molar-refractivity contribution in [1.29, 1.82) is 0 Å². The molecule has 7 nitrogen and oxygen atoms in total. The van der Waals surface area contributed by atoms with E-state index in [9.17, 15) is 14.4 Å². The van der Waals surface area contributed by atoms with Gasteiger partial charge in [0.1, 0.15) is 6.04 Å². The van der Waals surface area contributed by atoms with Gasteiger partial charge in [0.15, 0.2) is 0 Å². The lowest BCUT2D eigenvalue weighted by molar-refractivity contribution is -0.137. The molecule has 20 heavy (non-hydrogen) atoms. The smallest absolute Gasteiger partial charge is 0.318 e. The third kappa shape index (κ3) is 6.96. The van der Waals surface area contributed by atoms with Crippen LogP contribution in [0.2, 0.25) is 0 Å². The van der Waals surface area contributed by atoms with Crippen LogP contribution in [0, 0.1) is 0 Å². The molecule has 7 heteroatoms. The summed E-state index contributed by atoms with van der Waals surface area (Å²) in [5.41, 5.74) is 0. The van der Waals surface area contributed by atoms with Crippen LogP contribution < -0.4 is 10.6 Å². The summed E-state index contributed by atoms with van der Waals surface area (Å²) < 4.78 is 0. The summed E-state index contributed by atoms with van der Waals surface area (Å²) in [6.45, 7) is 7.80. The second kappa shape index (κ2) is 9.17. The summed E-state index contributed by atoms with van der Waals surface area (Å²) in [5.74, 6) is -1.21. The fraction of sp³-hybridized carbons (Fsp3) is 0.769. The molecule has 0 aromatic rings. The van der Waals surface area contributed by atoms with Crippen LogP contribution in [-0.2, 0) is 9.59 Å². The third-order valence-electron chi connectivity index (χ3n) is 2.73. The Labute approximate surface area is 119 Å². The zero-order valence-electron chi connectivity index (χ0n) is 12.6. The van der Waals surface area contributed by atoms with Crippen LogP contribution in [0.25, 0.3) is 0 Å². The minimum absolute atomic E-state index is 0.113. The average molecular weight is 287 g/mol. The number of carboxylic acid groups (broad SMARTS) is 1. The van der Waals surface area contributed by atoms with Crippen LogP contribution >= 0.6 is 0 Å². The number of nitrogens with zero attached hydrogens (tertiary/aromatic N) is 1. The summed E-state index contributed by atoms with van der Waals surface area (Å²) in [5, 5.41) is 13.9. The molecule has 0 saturated heterocycles. The van der Waals surface area contributed by atoms with Gasteiger partial charge in [-0.05, 0) is 27.2 Å². The van der Waals surface area contributed by atoms with Crippen molar-refractivity contribution >= 4 is 17.9 Å². The molecule has 0 saturated carbocycles. The van der Waals surface area contributed by atoms with E-state index in [2.05, 4.69) is 10.6 Å². The second-order valence-corrected chi connectivity index (χ2v) is 4.89. The number of hydrogen-bond donors (Lipinski definition) is 3. The van der Waals surface area contributed by atoms with Crippen molar-refractivity contribution in [2.24, 2.45) is 0 Å². The Morgan fingerprint density at radius 3 is 2.25 bits per heavy atom. The standard InChI is InChI=1S/C13H25N3O4/c1-5-7-14-12(19)10(4)15-13(20)16(9(2)3)8-6-11(17)18/h9-10H,5-8H2,1-4H3,(H,14,19)(H,15,20)(H,17,18). The summed E-state index contributed by atoms with van der Waals surface area (Å²) >= 11 is 0. The number of urea groups is 1. The van der Waals surface area contributed by atoms with Crippen molar-refractivity contribution in [2.45, 2.75) is 52.6 Å². The first kappa shape index (κ1) is 18.2. The molecule has 0 fully saturated rings. The first-order chi connectivity index (χ1) is 9.29. The van der Waals surface area contributed by atoms with Crippen molar-refractivity contribution in [2.75, 3.05) is 13.1 Å². The Morgan fingerprint density at radius 1 is 1.20 bits per heavy atom. The molecule has 0 aromatic heterocycles. The van der Waals surface area contributed by atoms with Crippen LogP contribution in [-0.4, -0.2) is 53.1 Å². The SMILES string of the molecule is CCCNC(=O)C(C)NC(=O)N(CCC(=O)O)C(C)C. The highest BCUT2D eigenvalue weighted by atomic mass is 16.4. The molecular weight excluding hydrogens is 262 g/mol. The molecule has 3 N–H and O–H groups in total. The van der Waals surface area contributed by atoms with Gasteiger partial charge in [0, 0.05) is 19.1 Å². The molecule has 0 aromatic carbocycles. The zero-order valence-corrected chi connectivity index (χ0v) is 12.6. The van der Waals surface area contributed by atoms with Crippen molar-refractivity contribution in [1.82, 2.24) is 15.5 Å². The lowest BCUT2D eigenvalue weighted by Gasteiger charge is -2.27. The van der Waals surface area contributed by atoms with Gasteiger partial charge in [0.05, 0.1) is 6.42 Å². The molecule has 3 amide bonds. The van der Waals surface area contributed by atoms with E-state index in [1.54, 1.807) is 20.8 Å². The van der Waals surface area contributed by atoms with Crippen molar-refractivity contribution < 1.29 is 19.5 Å². The number of carboxylic acids is 1. The van der Waals surface area contributed by atoms with Gasteiger partial charge < -0.3 is 20.6 Å². The topological polar surface area (TPSA) is 98.7 Å². The number of nitrogens with one attached hydrogen (secondary N) is 2. The highest BCUT2D eigenvalue weighted by molar-refractivity contribution is 5.86. The molecule has 116 valence electrons. The molecule has 0 aliphatic heterocycles. The zero-order chi connectivity index (χ0) is 15.7. The van der Waals surface area contributed by atoms with Crippen LogP contribution in [0.3, 0.4) is 0 Å². The van der Waals surface area contributed by atoms with E-state index in [1.165, 1.54) is 4.90 Å². The molecule has 0 rings (SSSR count). The Kier molecular flexibility index (Phi) is 8.35. The Balaban J connectivity index is 4.44. The van der Waals surface area contributed by atoms with Crippen LogP contribution in [0.5, 0.6) is 0 Å². The Bertz CT molecular complexity index is 345. The molecule has 0 radical (unpaired) electrons. The number of carbonyl (C=O) groups excluding carboxylic acids is 2. The molecule has 0 heterocycles. The van der Waals surface area contributed by atoms with Gasteiger partial charge in [-0.25, -0.2) is 4.79 Å². The van der Waals surface area contributed by atoms with Crippen LogP contribution in [0.15, 0.2) is 0 Å². The molecule has 0 spiro atoms. The largest absolute Gasteiger partial charge is 0.481 e. The highest BCUT2D eigenvalue weighted by Crippen LogP contribution is 2.01. The van der Waals surface area contributed by atoms with E-state index in [-0.39, 0.29) is 24.9 Å². The number of rotatable bonds is 8. The average Bonchev–Trinajstić information content (AvgIpc) is 2.34. The Morgan fingerprint density at radius 2 is 1.80 bits per heavy atom. The maximum Gasteiger partial charge on any atom is 0.318 e. The third-order valence-corrected chi connectivity index (χ3v) is 2.73. The first-order valence-corrected chi connectivity index (χ1v) is 6.86. The fourth-order valence-corrected chi connectivity index (χ4v) is 1.55. The van der Waals surface area contributed by atoms with Gasteiger partial charge in [-0.2, -0.15) is 0 Å². The lowest BCUT2D eigenvalue weighted by atomic mass is 10.2. The summed E-state index contributed by atoms with van der Waals surface area (Å²) in [6.07, 6.45) is 0.700. The summed E-state index contributed by atoms with van der Waals surface area (Å²) in [6, 6.07) is -1.22. The van der Waals surface area contributed by atoms with Gasteiger partial charge in [-0.1, -0.05) is 6.92 Å². The summed E-state index contributed by atoms with van der Waals surface area (Å²) in [7, 11) is 0. The molecule has 0 bridgehead atoms. The van der Waals surface area contributed by atoms with Crippen molar-refractivity contribution in [3.63, 3.8) is 0 Å². The quantitative estimate of drug-likeness (QED) is 0.615. The molecular formula is C13H25N3O4. The minimum Gasteiger partial charge on any atom is -0.481 e. The normalized spacial score (nSPS) is 11.8. The van der Waals surface area contributed by atoms with Crippen molar-refractivity contribution in [3.05, 3.63) is 0 Å². The number of hydrogen-bond acceptors (Lipinski definition) is 3. The van der Waals surface area contributed by atoms with Gasteiger partial charge in [0.2, 0.25) is 5.91 Å². The minimum atomic E-state index is -0.961. The second-order valence-electron chi connectivity index (χ2n) is 4.89. The Hall–Kier alpha value is -1.79. The van der Waals surface area contributed by atoms with E-state index in [1.807, 2.05) is 6.92 Å². The lowest BCUT2D eigenvalue weighted by Crippen LogP contribution is -2.52. The van der Waals surface area contributed by atoms with E-state index in [0.717, 1.165) is 6.42 Å². The molecule has 0 aliphatic rings. The number of amides is 3. The van der Waals surface area contributed by atoms with Gasteiger partial charge in [0.25, 0.3) is 0 Å². The van der Waals surface area contributed by atoms with E-state index >= 15 is 0 Å². The van der Waals surface area contributed by atoms with E-state index in [4.69, 9.17) is 5.11 Å². The molecule has 0 aliphatic carbocycles. The predicted octanol–water partition coefficient (Wildman–Crippen LogP) is 0.796. The monoisotopic (exact) mass is 287 g/mol. The highest BCUT2D eigenvalue weighted by Gasteiger charge is 2.22. The van der Waals surface area contributed by atoms with Gasteiger partial charge in [-0.15, -0.1) is 0 Å². The van der Waals surface area contributed by atoms with Crippen LogP contribution in [0.4, 0.5) is 4.79 Å². The van der Waals surface area contributed by atoms with E-state index in [0.29, 0.717) is 6.54 Å². The number of carbonyl (C=O) groups is 3. The summed E-state index contributed by atoms with van der Waals surface area (Å²) in [4.78, 5) is 35.7. The first-order valence-electron chi connectivity index (χ1n) is 6.86. The predicted molar refractivity (Wildman–Crippen MR) is 75.4 cm³/mol. The fourth-order valence-electron chi connectivity index (χ4n) is 1.55. The van der Waals surface area contributed by atoms with Crippen LogP contribution in [0.1, 0.15) is 40.5 Å². The van der Waals surface area contributed by atoms with E-state index < -0.39 is 18.0 Å². The van der Waals surface area contributed by atoms with Gasteiger partial charge >= 0.3 is 12.0 Å². The maximum absolute atomic E-state index is 12.0. The molecule has 1 unspecified atom stereocenters. The van der Waals surface area contributed by atoms with Gasteiger partial charge in [-0.3, -0.25) is 9.59 Å². The number of aliphatic carboxylic acids is 1. The van der Waals surface area contributed by atoms with Crippen molar-refractivity contribution in [3.8, 4) is 0 Å². The molecule has 1 atom stereocenters.